The number of benzene rings is 1. The number of hydrogen-bond donors (Lipinski definition) is 2. The summed E-state index contributed by atoms with van der Waals surface area (Å²) in [5.41, 5.74) is 0.516. The van der Waals surface area contributed by atoms with Crippen LogP contribution in [0.1, 0.15) is 25.8 Å². The second-order valence-electron chi connectivity index (χ2n) is 5.73. The summed E-state index contributed by atoms with van der Waals surface area (Å²) in [7, 11) is 1.49. The smallest absolute Gasteiger partial charge is 0.406 e. The maximum absolute atomic E-state index is 12.1. The summed E-state index contributed by atoms with van der Waals surface area (Å²) < 4.78 is 40.0. The van der Waals surface area contributed by atoms with Crippen molar-refractivity contribution in [3.63, 3.8) is 0 Å². The average molecular weight is 346 g/mol. The summed E-state index contributed by atoms with van der Waals surface area (Å²) in [6.45, 7) is 3.86. The number of rotatable bonds is 7. The van der Waals surface area contributed by atoms with Gasteiger partial charge in [0.15, 0.2) is 0 Å². The van der Waals surface area contributed by atoms with Gasteiger partial charge in [-0.25, -0.2) is 0 Å². The molecule has 0 heterocycles. The van der Waals surface area contributed by atoms with Crippen LogP contribution in [0.25, 0.3) is 0 Å². The van der Waals surface area contributed by atoms with Crippen LogP contribution in [0.2, 0.25) is 0 Å². The fourth-order valence-corrected chi connectivity index (χ4v) is 2.12. The zero-order valence-corrected chi connectivity index (χ0v) is 13.7. The van der Waals surface area contributed by atoms with Crippen LogP contribution >= 0.6 is 0 Å². The molecule has 1 atom stereocenters. The van der Waals surface area contributed by atoms with Crippen molar-refractivity contribution in [2.24, 2.45) is 5.92 Å². The first-order valence-electron chi connectivity index (χ1n) is 7.46. The number of ether oxygens (including phenoxy) is 1. The molecule has 0 radical (unpaired) electrons. The Balaban J connectivity index is 2.64. The number of alkyl halides is 3. The van der Waals surface area contributed by atoms with Gasteiger partial charge in [-0.1, -0.05) is 26.0 Å². The van der Waals surface area contributed by atoms with Crippen LogP contribution in [-0.4, -0.2) is 31.3 Å². The van der Waals surface area contributed by atoms with Gasteiger partial charge in [-0.2, -0.15) is 0 Å². The number of amides is 2. The SMILES string of the molecule is CNC(=O)[C@@H](CC(C)C)NC(=O)Cc1ccc(OC(F)(F)F)cc1. The highest BCUT2D eigenvalue weighted by Gasteiger charge is 2.31. The molecule has 0 aliphatic carbocycles. The molecule has 0 aromatic heterocycles. The molecule has 2 N–H and O–H groups in total. The Bertz CT molecular complexity index is 557. The molecule has 0 saturated heterocycles. The van der Waals surface area contributed by atoms with Gasteiger partial charge in [0.1, 0.15) is 11.8 Å². The Kier molecular flexibility index (Phi) is 7.06. The van der Waals surface area contributed by atoms with Gasteiger partial charge >= 0.3 is 6.36 Å². The van der Waals surface area contributed by atoms with Crippen molar-refractivity contribution in [2.45, 2.75) is 39.1 Å². The first-order valence-corrected chi connectivity index (χ1v) is 7.46. The Labute approximate surface area is 138 Å². The Hall–Kier alpha value is -2.25. The second kappa shape index (κ2) is 8.56. The quantitative estimate of drug-likeness (QED) is 0.797. The molecule has 134 valence electrons. The van der Waals surface area contributed by atoms with Crippen molar-refractivity contribution < 1.29 is 27.5 Å². The molecular weight excluding hydrogens is 325 g/mol. The molecule has 1 aromatic carbocycles. The van der Waals surface area contributed by atoms with Gasteiger partial charge in [0.25, 0.3) is 0 Å². The average Bonchev–Trinajstić information content (AvgIpc) is 2.45. The molecule has 1 rings (SSSR count). The van der Waals surface area contributed by atoms with Gasteiger partial charge in [0.05, 0.1) is 6.42 Å². The van der Waals surface area contributed by atoms with Gasteiger partial charge in [0, 0.05) is 7.05 Å². The lowest BCUT2D eigenvalue weighted by Gasteiger charge is -2.19. The van der Waals surface area contributed by atoms with Gasteiger partial charge in [-0.05, 0) is 30.0 Å². The topological polar surface area (TPSA) is 67.4 Å². The third kappa shape index (κ3) is 7.34. The van der Waals surface area contributed by atoms with Crippen molar-refractivity contribution in [3.05, 3.63) is 29.8 Å². The molecule has 0 unspecified atom stereocenters. The standard InChI is InChI=1S/C16H21F3N2O3/c1-10(2)8-13(15(23)20-3)21-14(22)9-11-4-6-12(7-5-11)24-16(17,18)19/h4-7,10,13H,8-9H2,1-3H3,(H,20,23)(H,21,22)/t13-/m1/s1. The van der Waals surface area contributed by atoms with Crippen LogP contribution in [0, 0.1) is 5.92 Å². The molecule has 2 amide bonds. The van der Waals surface area contributed by atoms with Crippen molar-refractivity contribution >= 4 is 11.8 Å². The van der Waals surface area contributed by atoms with E-state index in [0.29, 0.717) is 12.0 Å². The fraction of sp³-hybridized carbons (Fsp3) is 0.500. The van der Waals surface area contributed by atoms with Crippen LogP contribution < -0.4 is 15.4 Å². The molecule has 0 aliphatic rings. The molecule has 0 saturated carbocycles. The molecule has 0 spiro atoms. The largest absolute Gasteiger partial charge is 0.573 e. The zero-order chi connectivity index (χ0) is 18.3. The predicted octanol–water partition coefficient (Wildman–Crippen LogP) is 2.40. The van der Waals surface area contributed by atoms with Crippen LogP contribution in [0.3, 0.4) is 0 Å². The van der Waals surface area contributed by atoms with Crippen molar-refractivity contribution in [2.75, 3.05) is 7.05 Å². The van der Waals surface area contributed by atoms with E-state index < -0.39 is 12.4 Å². The summed E-state index contributed by atoms with van der Waals surface area (Å²) in [4.78, 5) is 23.8. The van der Waals surface area contributed by atoms with E-state index >= 15 is 0 Å². The van der Waals surface area contributed by atoms with Crippen molar-refractivity contribution in [1.29, 1.82) is 0 Å². The van der Waals surface area contributed by atoms with E-state index in [4.69, 9.17) is 0 Å². The number of halogens is 3. The molecule has 0 bridgehead atoms. The number of carbonyl (C=O) groups excluding carboxylic acids is 2. The van der Waals surface area contributed by atoms with Crippen LogP contribution in [0.4, 0.5) is 13.2 Å². The molecule has 0 fully saturated rings. The Morgan fingerprint density at radius 3 is 2.21 bits per heavy atom. The lowest BCUT2D eigenvalue weighted by atomic mass is 10.0. The van der Waals surface area contributed by atoms with Crippen molar-refractivity contribution in [1.82, 2.24) is 10.6 Å². The highest BCUT2D eigenvalue weighted by atomic mass is 19.4. The molecule has 8 heteroatoms. The van der Waals surface area contributed by atoms with Crippen LogP contribution in [0.5, 0.6) is 5.75 Å². The Morgan fingerprint density at radius 2 is 1.75 bits per heavy atom. The summed E-state index contributed by atoms with van der Waals surface area (Å²) >= 11 is 0. The van der Waals surface area contributed by atoms with E-state index in [1.807, 2.05) is 13.8 Å². The van der Waals surface area contributed by atoms with Gasteiger partial charge in [0.2, 0.25) is 11.8 Å². The first-order chi connectivity index (χ1) is 11.1. The predicted molar refractivity (Wildman–Crippen MR) is 82.3 cm³/mol. The van der Waals surface area contributed by atoms with E-state index in [1.165, 1.54) is 19.2 Å². The van der Waals surface area contributed by atoms with E-state index in [-0.39, 0.29) is 29.9 Å². The number of carbonyl (C=O) groups is 2. The molecule has 24 heavy (non-hydrogen) atoms. The minimum absolute atomic E-state index is 0.0438. The molecule has 0 aliphatic heterocycles. The van der Waals surface area contributed by atoms with E-state index in [1.54, 1.807) is 0 Å². The number of hydrogen-bond acceptors (Lipinski definition) is 3. The highest BCUT2D eigenvalue weighted by Crippen LogP contribution is 2.22. The van der Waals surface area contributed by atoms with Gasteiger partial charge in [-0.3, -0.25) is 9.59 Å². The minimum Gasteiger partial charge on any atom is -0.406 e. The van der Waals surface area contributed by atoms with Crippen molar-refractivity contribution in [3.8, 4) is 5.75 Å². The zero-order valence-electron chi connectivity index (χ0n) is 13.7. The fourth-order valence-electron chi connectivity index (χ4n) is 2.12. The lowest BCUT2D eigenvalue weighted by Crippen LogP contribution is -2.46. The molecule has 1 aromatic rings. The molecule has 5 nitrogen and oxygen atoms in total. The second-order valence-corrected chi connectivity index (χ2v) is 5.73. The van der Waals surface area contributed by atoms with E-state index in [9.17, 15) is 22.8 Å². The van der Waals surface area contributed by atoms with E-state index in [2.05, 4.69) is 15.4 Å². The van der Waals surface area contributed by atoms with E-state index in [0.717, 1.165) is 12.1 Å². The normalized spacial score (nSPS) is 12.6. The lowest BCUT2D eigenvalue weighted by molar-refractivity contribution is -0.274. The summed E-state index contributed by atoms with van der Waals surface area (Å²) in [6, 6.07) is 4.38. The monoisotopic (exact) mass is 346 g/mol. The Morgan fingerprint density at radius 1 is 1.17 bits per heavy atom. The summed E-state index contributed by atoms with van der Waals surface area (Å²) in [5, 5.41) is 5.13. The number of nitrogens with one attached hydrogen (secondary N) is 2. The van der Waals surface area contributed by atoms with Crippen LogP contribution in [0.15, 0.2) is 24.3 Å². The summed E-state index contributed by atoms with van der Waals surface area (Å²) in [5.74, 6) is -0.805. The number of likely N-dealkylation sites (N-methyl/N-ethyl adjacent to an activating group) is 1. The van der Waals surface area contributed by atoms with Gasteiger partial charge in [-0.15, -0.1) is 13.2 Å². The van der Waals surface area contributed by atoms with Gasteiger partial charge < -0.3 is 15.4 Å². The minimum atomic E-state index is -4.75. The highest BCUT2D eigenvalue weighted by molar-refractivity contribution is 5.88. The maximum Gasteiger partial charge on any atom is 0.573 e. The van der Waals surface area contributed by atoms with Crippen LogP contribution in [-0.2, 0) is 16.0 Å². The third-order valence-corrected chi connectivity index (χ3v) is 3.13. The maximum atomic E-state index is 12.1. The third-order valence-electron chi connectivity index (χ3n) is 3.13. The first kappa shape index (κ1) is 19.8. The molecular formula is C16H21F3N2O3. The summed E-state index contributed by atoms with van der Waals surface area (Å²) in [6.07, 6.45) is -4.31.